The molecular weight excluding hydrogens is 320 g/mol. The number of carbonyl (C=O) groups excluding carboxylic acids is 3. The van der Waals surface area contributed by atoms with Crippen molar-refractivity contribution in [2.24, 2.45) is 5.92 Å². The van der Waals surface area contributed by atoms with Crippen LogP contribution >= 0.6 is 0 Å². The maximum atomic E-state index is 13.1. The van der Waals surface area contributed by atoms with Gasteiger partial charge in [-0.1, -0.05) is 26.0 Å². The van der Waals surface area contributed by atoms with E-state index in [1.807, 2.05) is 13.8 Å². The number of amides is 3. The fourth-order valence-corrected chi connectivity index (χ4v) is 3.62. The Kier molecular flexibility index (Phi) is 4.90. The van der Waals surface area contributed by atoms with Crippen molar-refractivity contribution in [3.63, 3.8) is 0 Å². The molecule has 0 radical (unpaired) electrons. The Balaban J connectivity index is 1.90. The summed E-state index contributed by atoms with van der Waals surface area (Å²) in [5.41, 5.74) is 0.709. The highest BCUT2D eigenvalue weighted by atomic mass is 16.3. The van der Waals surface area contributed by atoms with Gasteiger partial charge < -0.3 is 10.0 Å². The van der Waals surface area contributed by atoms with Crippen molar-refractivity contribution in [2.75, 3.05) is 13.1 Å². The molecule has 3 amide bonds. The molecular formula is C19H24N2O4. The average Bonchev–Trinajstić information content (AvgIpc) is 2.84. The molecule has 2 aliphatic heterocycles. The van der Waals surface area contributed by atoms with Gasteiger partial charge in [-0.3, -0.25) is 19.3 Å². The van der Waals surface area contributed by atoms with Crippen molar-refractivity contribution < 1.29 is 19.5 Å². The number of aliphatic hydroxyl groups excluding tert-OH is 1. The maximum Gasteiger partial charge on any atom is 0.262 e. The van der Waals surface area contributed by atoms with E-state index in [0.717, 1.165) is 11.3 Å². The quantitative estimate of drug-likeness (QED) is 0.843. The van der Waals surface area contributed by atoms with Crippen LogP contribution in [-0.4, -0.2) is 57.9 Å². The number of piperidine rings is 1. The number of hydrogen-bond acceptors (Lipinski definition) is 4. The molecule has 2 heterocycles. The molecule has 0 spiro atoms. The lowest BCUT2D eigenvalue weighted by atomic mass is 9.99. The van der Waals surface area contributed by atoms with Crippen LogP contribution in [0.5, 0.6) is 0 Å². The van der Waals surface area contributed by atoms with Crippen molar-refractivity contribution in [3.8, 4) is 0 Å². The third-order valence-corrected chi connectivity index (χ3v) is 4.83. The number of fused-ring (bicyclic) bond motifs is 1. The zero-order valence-corrected chi connectivity index (χ0v) is 14.6. The van der Waals surface area contributed by atoms with Gasteiger partial charge in [0, 0.05) is 13.1 Å². The Morgan fingerprint density at radius 2 is 1.80 bits per heavy atom. The van der Waals surface area contributed by atoms with Crippen LogP contribution in [0.2, 0.25) is 0 Å². The minimum Gasteiger partial charge on any atom is -0.391 e. The number of carbonyl (C=O) groups is 3. The molecule has 1 fully saturated rings. The Morgan fingerprint density at radius 3 is 2.32 bits per heavy atom. The molecule has 1 aromatic rings. The first-order valence-corrected chi connectivity index (χ1v) is 8.84. The molecule has 1 N–H and O–H groups in total. The zero-order valence-electron chi connectivity index (χ0n) is 14.6. The van der Waals surface area contributed by atoms with Crippen LogP contribution in [0.15, 0.2) is 24.3 Å². The summed E-state index contributed by atoms with van der Waals surface area (Å²) in [5.74, 6) is -0.913. The molecule has 0 aromatic heterocycles. The van der Waals surface area contributed by atoms with E-state index in [0.29, 0.717) is 30.5 Å². The minimum absolute atomic E-state index is 0.146. The lowest BCUT2D eigenvalue weighted by molar-refractivity contribution is -0.139. The highest BCUT2D eigenvalue weighted by Gasteiger charge is 2.44. The third kappa shape index (κ3) is 3.31. The molecule has 0 aliphatic carbocycles. The Labute approximate surface area is 147 Å². The second-order valence-corrected chi connectivity index (χ2v) is 7.25. The van der Waals surface area contributed by atoms with E-state index < -0.39 is 24.0 Å². The van der Waals surface area contributed by atoms with E-state index in [4.69, 9.17) is 0 Å². The van der Waals surface area contributed by atoms with Crippen LogP contribution in [0, 0.1) is 5.92 Å². The van der Waals surface area contributed by atoms with E-state index in [1.54, 1.807) is 29.2 Å². The molecule has 6 nitrogen and oxygen atoms in total. The minimum atomic E-state index is -0.822. The predicted octanol–water partition coefficient (Wildman–Crippen LogP) is 1.68. The number of hydrogen-bond donors (Lipinski definition) is 1. The smallest absolute Gasteiger partial charge is 0.262 e. The monoisotopic (exact) mass is 344 g/mol. The van der Waals surface area contributed by atoms with Gasteiger partial charge in [-0.2, -0.15) is 0 Å². The zero-order chi connectivity index (χ0) is 18.1. The molecule has 134 valence electrons. The van der Waals surface area contributed by atoms with E-state index in [9.17, 15) is 19.5 Å². The van der Waals surface area contributed by atoms with Crippen molar-refractivity contribution in [1.82, 2.24) is 9.80 Å². The fourth-order valence-electron chi connectivity index (χ4n) is 3.62. The largest absolute Gasteiger partial charge is 0.391 e. The van der Waals surface area contributed by atoms with Gasteiger partial charge in [-0.05, 0) is 37.3 Å². The summed E-state index contributed by atoms with van der Waals surface area (Å²) in [6.07, 6.45) is 1.27. The van der Waals surface area contributed by atoms with Crippen LogP contribution in [-0.2, 0) is 4.79 Å². The van der Waals surface area contributed by atoms with Crippen molar-refractivity contribution in [2.45, 2.75) is 45.3 Å². The number of β-amino-alcohol motifs (C(OH)–C–C–N with tert-alkyl or cyclic N) is 1. The van der Waals surface area contributed by atoms with Gasteiger partial charge >= 0.3 is 0 Å². The van der Waals surface area contributed by atoms with E-state index in [2.05, 4.69) is 0 Å². The fraction of sp³-hybridized carbons (Fsp3) is 0.526. The summed E-state index contributed by atoms with van der Waals surface area (Å²) < 4.78 is 0. The Morgan fingerprint density at radius 1 is 1.20 bits per heavy atom. The van der Waals surface area contributed by atoms with Crippen LogP contribution in [0.3, 0.4) is 0 Å². The van der Waals surface area contributed by atoms with Crippen LogP contribution in [0.1, 0.15) is 53.8 Å². The summed E-state index contributed by atoms with van der Waals surface area (Å²) in [6.45, 7) is 4.73. The number of benzene rings is 1. The van der Waals surface area contributed by atoms with Gasteiger partial charge in [-0.25, -0.2) is 0 Å². The number of likely N-dealkylation sites (tertiary alicyclic amines) is 1. The first kappa shape index (κ1) is 17.6. The summed E-state index contributed by atoms with van der Waals surface area (Å²) in [7, 11) is 0. The summed E-state index contributed by atoms with van der Waals surface area (Å²) >= 11 is 0. The summed E-state index contributed by atoms with van der Waals surface area (Å²) in [4.78, 5) is 41.3. The van der Waals surface area contributed by atoms with Gasteiger partial charge in [0.25, 0.3) is 11.8 Å². The summed E-state index contributed by atoms with van der Waals surface area (Å²) in [5, 5.41) is 9.86. The first-order chi connectivity index (χ1) is 11.9. The second-order valence-electron chi connectivity index (χ2n) is 7.25. The van der Waals surface area contributed by atoms with E-state index in [1.165, 1.54) is 0 Å². The van der Waals surface area contributed by atoms with Crippen LogP contribution in [0.4, 0.5) is 0 Å². The topological polar surface area (TPSA) is 77.9 Å². The molecule has 3 rings (SSSR count). The number of imide groups is 1. The van der Waals surface area contributed by atoms with Gasteiger partial charge in [0.15, 0.2) is 0 Å². The lowest BCUT2D eigenvalue weighted by Crippen LogP contribution is -2.54. The molecule has 1 aromatic carbocycles. The molecule has 1 saturated heterocycles. The first-order valence-electron chi connectivity index (χ1n) is 8.84. The highest BCUT2D eigenvalue weighted by Crippen LogP contribution is 2.28. The van der Waals surface area contributed by atoms with Gasteiger partial charge in [0.1, 0.15) is 6.04 Å². The summed E-state index contributed by atoms with van der Waals surface area (Å²) in [6, 6.07) is 5.85. The van der Waals surface area contributed by atoms with Gasteiger partial charge in [0.05, 0.1) is 17.2 Å². The van der Waals surface area contributed by atoms with E-state index >= 15 is 0 Å². The number of aliphatic hydroxyl groups is 1. The highest BCUT2D eigenvalue weighted by molar-refractivity contribution is 6.22. The molecule has 2 unspecified atom stereocenters. The van der Waals surface area contributed by atoms with Crippen LogP contribution < -0.4 is 0 Å². The maximum absolute atomic E-state index is 13.1. The molecule has 2 aliphatic rings. The predicted molar refractivity (Wildman–Crippen MR) is 92.0 cm³/mol. The van der Waals surface area contributed by atoms with Crippen molar-refractivity contribution in [3.05, 3.63) is 35.4 Å². The van der Waals surface area contributed by atoms with Gasteiger partial charge in [-0.15, -0.1) is 0 Å². The normalized spacial score (nSPS) is 21.7. The van der Waals surface area contributed by atoms with E-state index in [-0.39, 0.29) is 18.4 Å². The SMILES string of the molecule is CC(C)CC(C(=O)N1CCCC(O)C1)N1C(=O)c2ccccc2C1=O. The molecule has 6 heteroatoms. The molecule has 2 atom stereocenters. The van der Waals surface area contributed by atoms with Crippen molar-refractivity contribution in [1.29, 1.82) is 0 Å². The molecule has 0 saturated carbocycles. The van der Waals surface area contributed by atoms with Crippen molar-refractivity contribution >= 4 is 17.7 Å². The van der Waals surface area contributed by atoms with Gasteiger partial charge in [0.2, 0.25) is 5.91 Å². The number of nitrogens with zero attached hydrogens (tertiary/aromatic N) is 2. The second kappa shape index (κ2) is 6.96. The Bertz CT molecular complexity index is 665. The molecule has 25 heavy (non-hydrogen) atoms. The molecule has 0 bridgehead atoms. The third-order valence-electron chi connectivity index (χ3n) is 4.83. The Hall–Kier alpha value is -2.21. The lowest BCUT2D eigenvalue weighted by Gasteiger charge is -2.35. The van der Waals surface area contributed by atoms with Crippen LogP contribution in [0.25, 0.3) is 0 Å². The standard InChI is InChI=1S/C19H24N2O4/c1-12(2)10-16(19(25)20-9-5-6-13(22)11-20)21-17(23)14-7-3-4-8-15(14)18(21)24/h3-4,7-8,12-13,16,22H,5-6,9-11H2,1-2H3. The number of rotatable bonds is 4. The average molecular weight is 344 g/mol.